The third-order valence-electron chi connectivity index (χ3n) is 3.34. The zero-order valence-electron chi connectivity index (χ0n) is 10.9. The Bertz CT molecular complexity index is 449. The predicted octanol–water partition coefficient (Wildman–Crippen LogP) is 3.22. The number of carbonyl (C=O) groups is 1. The van der Waals surface area contributed by atoms with Crippen molar-refractivity contribution in [2.45, 2.75) is 30.9 Å². The molecule has 0 heterocycles. The highest BCUT2D eigenvalue weighted by Crippen LogP contribution is 2.29. The van der Waals surface area contributed by atoms with Crippen LogP contribution in [0.3, 0.4) is 0 Å². The second-order valence-corrected chi connectivity index (χ2v) is 5.98. The third kappa shape index (κ3) is 4.00. The monoisotopic (exact) mass is 274 g/mol. The van der Waals surface area contributed by atoms with E-state index in [4.69, 9.17) is 5.26 Å². The van der Waals surface area contributed by atoms with Gasteiger partial charge in [-0.25, -0.2) is 0 Å². The van der Waals surface area contributed by atoms with Crippen molar-refractivity contribution < 1.29 is 4.79 Å². The highest BCUT2D eigenvalue weighted by molar-refractivity contribution is 8.00. The van der Waals surface area contributed by atoms with Gasteiger partial charge in [0.1, 0.15) is 6.54 Å². The minimum Gasteiger partial charge on any atom is -0.298 e. The van der Waals surface area contributed by atoms with Crippen molar-refractivity contribution in [2.75, 3.05) is 17.2 Å². The maximum Gasteiger partial charge on any atom is 0.237 e. The molecule has 4 heteroatoms. The number of para-hydroxylation sites is 1. The Balaban J connectivity index is 1.94. The van der Waals surface area contributed by atoms with Crippen molar-refractivity contribution in [3.63, 3.8) is 0 Å². The lowest BCUT2D eigenvalue weighted by Gasteiger charge is -2.20. The molecule has 1 aliphatic carbocycles. The molecule has 1 saturated carbocycles. The van der Waals surface area contributed by atoms with Gasteiger partial charge in [0.2, 0.25) is 5.91 Å². The minimum absolute atomic E-state index is 0.0321. The van der Waals surface area contributed by atoms with Crippen LogP contribution in [0.25, 0.3) is 0 Å². The molecular formula is C15H18N2OS. The van der Waals surface area contributed by atoms with Crippen molar-refractivity contribution in [3.05, 3.63) is 30.3 Å². The highest BCUT2D eigenvalue weighted by atomic mass is 32.2. The van der Waals surface area contributed by atoms with Crippen LogP contribution in [0.1, 0.15) is 25.7 Å². The van der Waals surface area contributed by atoms with Gasteiger partial charge >= 0.3 is 0 Å². The number of hydrogen-bond donors (Lipinski definition) is 0. The summed E-state index contributed by atoms with van der Waals surface area (Å²) in [6.45, 7) is 0.119. The molecule has 0 radical (unpaired) electrons. The molecule has 1 aromatic rings. The zero-order valence-corrected chi connectivity index (χ0v) is 11.7. The second kappa shape index (κ2) is 7.20. The van der Waals surface area contributed by atoms with Crippen LogP contribution >= 0.6 is 11.8 Å². The van der Waals surface area contributed by atoms with Crippen molar-refractivity contribution in [2.24, 2.45) is 0 Å². The molecule has 1 amide bonds. The Labute approximate surface area is 118 Å². The molecule has 0 atom stereocenters. The molecule has 2 rings (SSSR count). The first-order valence-electron chi connectivity index (χ1n) is 6.65. The SMILES string of the molecule is N#CCN(C(=O)CSC1CCCC1)c1ccccc1. The maximum atomic E-state index is 12.2. The molecule has 0 spiro atoms. The molecule has 1 aromatic carbocycles. The number of rotatable bonds is 5. The molecule has 1 fully saturated rings. The summed E-state index contributed by atoms with van der Waals surface area (Å²) in [7, 11) is 0. The quantitative estimate of drug-likeness (QED) is 0.774. The molecule has 3 nitrogen and oxygen atoms in total. The van der Waals surface area contributed by atoms with Crippen LogP contribution < -0.4 is 4.90 Å². The Kier molecular flexibility index (Phi) is 5.29. The average Bonchev–Trinajstić information content (AvgIpc) is 2.96. The Morgan fingerprint density at radius 1 is 1.32 bits per heavy atom. The van der Waals surface area contributed by atoms with Gasteiger partial charge in [0, 0.05) is 10.9 Å². The number of hydrogen-bond acceptors (Lipinski definition) is 3. The standard InChI is InChI=1S/C15H18N2OS/c16-10-11-17(13-6-2-1-3-7-13)15(18)12-19-14-8-4-5-9-14/h1-3,6-7,14H,4-5,8-9,11-12H2. The molecule has 0 aromatic heterocycles. The molecule has 0 saturated heterocycles. The largest absolute Gasteiger partial charge is 0.298 e. The summed E-state index contributed by atoms with van der Waals surface area (Å²) >= 11 is 1.74. The van der Waals surface area contributed by atoms with Crippen LogP contribution in [-0.4, -0.2) is 23.5 Å². The van der Waals surface area contributed by atoms with Crippen molar-refractivity contribution in [1.82, 2.24) is 0 Å². The number of nitrogens with zero attached hydrogens (tertiary/aromatic N) is 2. The van der Waals surface area contributed by atoms with Gasteiger partial charge in [-0.05, 0) is 25.0 Å². The van der Waals surface area contributed by atoms with Gasteiger partial charge in [0.15, 0.2) is 0 Å². The van der Waals surface area contributed by atoms with Gasteiger partial charge in [-0.15, -0.1) is 11.8 Å². The van der Waals surface area contributed by atoms with Gasteiger partial charge in [-0.2, -0.15) is 5.26 Å². The van der Waals surface area contributed by atoms with Gasteiger partial charge < -0.3 is 0 Å². The lowest BCUT2D eigenvalue weighted by molar-refractivity contribution is -0.116. The summed E-state index contributed by atoms with van der Waals surface area (Å²) in [5, 5.41) is 9.50. The van der Waals surface area contributed by atoms with Crippen LogP contribution in [-0.2, 0) is 4.79 Å². The van der Waals surface area contributed by atoms with Crippen LogP contribution in [0, 0.1) is 11.3 Å². The first-order valence-corrected chi connectivity index (χ1v) is 7.70. The summed E-state index contributed by atoms with van der Waals surface area (Å²) in [6, 6.07) is 11.5. The number of anilines is 1. The Morgan fingerprint density at radius 3 is 2.63 bits per heavy atom. The molecule has 0 unspecified atom stereocenters. The first-order chi connectivity index (χ1) is 9.31. The van der Waals surface area contributed by atoms with E-state index in [0.29, 0.717) is 11.0 Å². The molecule has 19 heavy (non-hydrogen) atoms. The molecule has 100 valence electrons. The second-order valence-electron chi connectivity index (χ2n) is 4.69. The lowest BCUT2D eigenvalue weighted by Crippen LogP contribution is -2.33. The van der Waals surface area contributed by atoms with Gasteiger partial charge in [-0.1, -0.05) is 31.0 Å². The summed E-state index contributed by atoms with van der Waals surface area (Å²) in [5.41, 5.74) is 0.807. The van der Waals surface area contributed by atoms with Gasteiger partial charge in [0.05, 0.1) is 11.8 Å². The average molecular weight is 274 g/mol. The fraction of sp³-hybridized carbons (Fsp3) is 0.467. The van der Waals surface area contributed by atoms with E-state index in [-0.39, 0.29) is 12.5 Å². The highest BCUT2D eigenvalue weighted by Gasteiger charge is 2.20. The van der Waals surface area contributed by atoms with E-state index >= 15 is 0 Å². The van der Waals surface area contributed by atoms with E-state index < -0.39 is 0 Å². The van der Waals surface area contributed by atoms with Crippen LogP contribution in [0.4, 0.5) is 5.69 Å². The van der Waals surface area contributed by atoms with E-state index in [1.807, 2.05) is 30.3 Å². The summed E-state index contributed by atoms with van der Waals surface area (Å²) in [4.78, 5) is 13.8. The maximum absolute atomic E-state index is 12.2. The fourth-order valence-electron chi connectivity index (χ4n) is 2.32. The van der Waals surface area contributed by atoms with Crippen LogP contribution in [0.2, 0.25) is 0 Å². The Hall–Kier alpha value is -1.47. The normalized spacial score (nSPS) is 15.1. The van der Waals surface area contributed by atoms with E-state index in [1.165, 1.54) is 25.7 Å². The summed E-state index contributed by atoms with van der Waals surface area (Å²) in [6.07, 6.45) is 5.02. The number of carbonyl (C=O) groups excluding carboxylic acids is 1. The minimum atomic E-state index is 0.0321. The van der Waals surface area contributed by atoms with E-state index in [2.05, 4.69) is 6.07 Å². The summed E-state index contributed by atoms with van der Waals surface area (Å²) < 4.78 is 0. The third-order valence-corrected chi connectivity index (χ3v) is 4.70. The topological polar surface area (TPSA) is 44.1 Å². The van der Waals surface area contributed by atoms with Crippen LogP contribution in [0.5, 0.6) is 0 Å². The zero-order chi connectivity index (χ0) is 13.5. The smallest absolute Gasteiger partial charge is 0.237 e. The summed E-state index contributed by atoms with van der Waals surface area (Å²) in [5.74, 6) is 0.506. The molecule has 0 aliphatic heterocycles. The van der Waals surface area contributed by atoms with Crippen LogP contribution in [0.15, 0.2) is 30.3 Å². The van der Waals surface area contributed by atoms with Gasteiger partial charge in [0.25, 0.3) is 0 Å². The van der Waals surface area contributed by atoms with E-state index in [0.717, 1.165) is 5.69 Å². The predicted molar refractivity (Wildman–Crippen MR) is 79.1 cm³/mol. The first kappa shape index (κ1) is 14.0. The van der Waals surface area contributed by atoms with Gasteiger partial charge in [-0.3, -0.25) is 9.69 Å². The molecule has 0 bridgehead atoms. The van der Waals surface area contributed by atoms with E-state index in [9.17, 15) is 4.79 Å². The van der Waals surface area contributed by atoms with Crippen molar-refractivity contribution in [1.29, 1.82) is 5.26 Å². The number of amides is 1. The molecule has 1 aliphatic rings. The number of benzene rings is 1. The van der Waals surface area contributed by atoms with E-state index in [1.54, 1.807) is 16.7 Å². The van der Waals surface area contributed by atoms with Crippen molar-refractivity contribution in [3.8, 4) is 6.07 Å². The lowest BCUT2D eigenvalue weighted by atomic mass is 10.3. The number of thioether (sulfide) groups is 1. The molecule has 0 N–H and O–H groups in total. The number of nitriles is 1. The molecular weight excluding hydrogens is 256 g/mol. The Morgan fingerprint density at radius 2 is 2.00 bits per heavy atom. The fourth-order valence-corrected chi connectivity index (χ4v) is 3.52. The van der Waals surface area contributed by atoms with Crippen molar-refractivity contribution >= 4 is 23.4 Å².